The van der Waals surface area contributed by atoms with Gasteiger partial charge >= 0.3 is 11.9 Å². The summed E-state index contributed by atoms with van der Waals surface area (Å²) in [5.74, 6) is -2.60. The summed E-state index contributed by atoms with van der Waals surface area (Å²) in [4.78, 5) is 21.8. The van der Waals surface area contributed by atoms with E-state index in [1.165, 1.54) is 0 Å². The van der Waals surface area contributed by atoms with Gasteiger partial charge in [-0.1, -0.05) is 12.2 Å². The molecule has 0 aromatic rings. The lowest BCUT2D eigenvalue weighted by molar-refractivity contribution is -0.137. The van der Waals surface area contributed by atoms with Gasteiger partial charge in [0, 0.05) is 11.8 Å². The number of hydrogen-bond donors (Lipinski definition) is 2. The fourth-order valence-corrected chi connectivity index (χ4v) is 2.25. The van der Waals surface area contributed by atoms with Crippen LogP contribution >= 0.6 is 0 Å². The van der Waals surface area contributed by atoms with Gasteiger partial charge in [-0.05, 0) is 12.8 Å². The fourth-order valence-electron chi connectivity index (χ4n) is 2.25. The summed E-state index contributed by atoms with van der Waals surface area (Å²) in [6, 6.07) is 0. The zero-order valence-corrected chi connectivity index (χ0v) is 7.43. The van der Waals surface area contributed by atoms with E-state index in [9.17, 15) is 9.59 Å². The number of carboxylic acid groups (broad SMARTS) is 2. The predicted molar refractivity (Wildman–Crippen MR) is 47.7 cm³/mol. The Labute approximate surface area is 80.5 Å². The van der Waals surface area contributed by atoms with Crippen LogP contribution in [0.4, 0.5) is 0 Å². The molecular formula is C10H10O4. The van der Waals surface area contributed by atoms with Crippen LogP contribution in [0.5, 0.6) is 0 Å². The molecule has 2 bridgehead atoms. The highest BCUT2D eigenvalue weighted by atomic mass is 16.4. The van der Waals surface area contributed by atoms with Crippen molar-refractivity contribution in [2.45, 2.75) is 12.8 Å². The SMILES string of the molecule is O=C(O)C1=C(C(=O)O)C2C=CC1CC2. The molecule has 3 rings (SSSR count). The highest BCUT2D eigenvalue weighted by Gasteiger charge is 2.37. The summed E-state index contributed by atoms with van der Waals surface area (Å²) in [5.41, 5.74) is 0.160. The number of rotatable bonds is 2. The Kier molecular flexibility index (Phi) is 1.91. The minimum Gasteiger partial charge on any atom is -0.478 e. The van der Waals surface area contributed by atoms with Gasteiger partial charge < -0.3 is 10.2 Å². The second-order valence-corrected chi connectivity index (χ2v) is 3.61. The highest BCUT2D eigenvalue weighted by molar-refractivity contribution is 6.00. The minimum atomic E-state index is -1.10. The number of carboxylic acids is 2. The molecule has 2 atom stereocenters. The van der Waals surface area contributed by atoms with Gasteiger partial charge in [0.1, 0.15) is 0 Å². The maximum Gasteiger partial charge on any atom is 0.332 e. The average molecular weight is 194 g/mol. The van der Waals surface area contributed by atoms with Crippen molar-refractivity contribution >= 4 is 11.9 Å². The van der Waals surface area contributed by atoms with E-state index in [2.05, 4.69) is 0 Å². The lowest BCUT2D eigenvalue weighted by Crippen LogP contribution is -2.30. The van der Waals surface area contributed by atoms with Crippen LogP contribution in [-0.4, -0.2) is 22.2 Å². The summed E-state index contributed by atoms with van der Waals surface area (Å²) in [6.45, 7) is 0. The number of fused-ring (bicyclic) bond motifs is 1. The molecule has 0 aromatic carbocycles. The molecule has 74 valence electrons. The Morgan fingerprint density at radius 2 is 1.36 bits per heavy atom. The quantitative estimate of drug-likeness (QED) is 0.644. The second-order valence-electron chi connectivity index (χ2n) is 3.61. The second kappa shape index (κ2) is 2.97. The summed E-state index contributed by atoms with van der Waals surface area (Å²) in [5, 5.41) is 17.8. The summed E-state index contributed by atoms with van der Waals surface area (Å²) < 4.78 is 0. The topological polar surface area (TPSA) is 74.6 Å². The maximum absolute atomic E-state index is 10.9. The van der Waals surface area contributed by atoms with Gasteiger partial charge in [-0.15, -0.1) is 0 Å². The van der Waals surface area contributed by atoms with Gasteiger partial charge in [0.15, 0.2) is 0 Å². The largest absolute Gasteiger partial charge is 0.478 e. The molecule has 0 fully saturated rings. The molecule has 14 heavy (non-hydrogen) atoms. The standard InChI is InChI=1S/C10H10O4/c11-9(12)7-5-1-2-6(4-3-5)8(7)10(13)14/h1-2,5-6H,3-4H2,(H,11,12)(H,13,14). The Hall–Kier alpha value is -1.58. The van der Waals surface area contributed by atoms with E-state index < -0.39 is 11.9 Å². The van der Waals surface area contributed by atoms with Gasteiger partial charge in [0.25, 0.3) is 0 Å². The number of hydrogen-bond acceptors (Lipinski definition) is 2. The third kappa shape index (κ3) is 1.14. The Morgan fingerprint density at radius 3 is 1.57 bits per heavy atom. The van der Waals surface area contributed by atoms with Crippen LogP contribution in [0, 0.1) is 11.8 Å². The number of allylic oxidation sites excluding steroid dienone is 2. The predicted octanol–water partition coefficient (Wildman–Crippen LogP) is 1.05. The first kappa shape index (κ1) is 8.99. The zero-order valence-electron chi connectivity index (χ0n) is 7.43. The smallest absolute Gasteiger partial charge is 0.332 e. The van der Waals surface area contributed by atoms with E-state index in [4.69, 9.17) is 10.2 Å². The van der Waals surface area contributed by atoms with E-state index >= 15 is 0 Å². The molecule has 0 radical (unpaired) electrons. The summed E-state index contributed by atoms with van der Waals surface area (Å²) in [6.07, 6.45) is 5.12. The van der Waals surface area contributed by atoms with E-state index in [0.717, 1.165) is 12.8 Å². The van der Waals surface area contributed by atoms with Gasteiger partial charge in [-0.3, -0.25) is 0 Å². The lowest BCUT2D eigenvalue weighted by Gasteiger charge is -2.31. The Bertz CT molecular complexity index is 330. The first-order valence-corrected chi connectivity index (χ1v) is 4.50. The molecular weight excluding hydrogens is 184 g/mol. The lowest BCUT2D eigenvalue weighted by atomic mass is 9.71. The Morgan fingerprint density at radius 1 is 1.00 bits per heavy atom. The Balaban J connectivity index is 2.52. The van der Waals surface area contributed by atoms with Crippen molar-refractivity contribution in [3.63, 3.8) is 0 Å². The molecule has 0 heterocycles. The van der Waals surface area contributed by atoms with Crippen molar-refractivity contribution in [3.8, 4) is 0 Å². The molecule has 3 aliphatic rings. The molecule has 0 aliphatic heterocycles. The van der Waals surface area contributed by atoms with Crippen molar-refractivity contribution in [2.24, 2.45) is 11.8 Å². The van der Waals surface area contributed by atoms with E-state index in [1.807, 2.05) is 12.2 Å². The molecule has 2 N–H and O–H groups in total. The van der Waals surface area contributed by atoms with E-state index in [1.54, 1.807) is 0 Å². The molecule has 3 aliphatic carbocycles. The highest BCUT2D eigenvalue weighted by Crippen LogP contribution is 2.40. The minimum absolute atomic E-state index is 0.0799. The first-order chi connectivity index (χ1) is 6.61. The molecule has 0 saturated carbocycles. The molecule has 4 heteroatoms. The van der Waals surface area contributed by atoms with Crippen LogP contribution in [0.1, 0.15) is 12.8 Å². The zero-order chi connectivity index (χ0) is 10.3. The molecule has 2 unspecified atom stereocenters. The van der Waals surface area contributed by atoms with Crippen LogP contribution in [0.25, 0.3) is 0 Å². The van der Waals surface area contributed by atoms with Crippen molar-refractivity contribution in [2.75, 3.05) is 0 Å². The van der Waals surface area contributed by atoms with Gasteiger partial charge in [0.2, 0.25) is 0 Å². The number of carbonyl (C=O) groups is 2. The summed E-state index contributed by atoms with van der Waals surface area (Å²) >= 11 is 0. The molecule has 0 saturated heterocycles. The number of aliphatic carboxylic acids is 2. The fraction of sp³-hybridized carbons (Fsp3) is 0.400. The van der Waals surface area contributed by atoms with Gasteiger partial charge in [0.05, 0.1) is 11.1 Å². The van der Waals surface area contributed by atoms with Crippen molar-refractivity contribution < 1.29 is 19.8 Å². The van der Waals surface area contributed by atoms with Crippen LogP contribution in [-0.2, 0) is 9.59 Å². The van der Waals surface area contributed by atoms with Crippen LogP contribution in [0.15, 0.2) is 23.3 Å². The average Bonchev–Trinajstić information content (AvgIpc) is 2.17. The summed E-state index contributed by atoms with van der Waals surface area (Å²) in [7, 11) is 0. The normalized spacial score (nSPS) is 29.4. The molecule has 0 aromatic heterocycles. The monoisotopic (exact) mass is 194 g/mol. The van der Waals surface area contributed by atoms with Crippen molar-refractivity contribution in [1.29, 1.82) is 0 Å². The maximum atomic E-state index is 10.9. The molecule has 0 amide bonds. The van der Waals surface area contributed by atoms with Crippen LogP contribution in [0.2, 0.25) is 0 Å². The van der Waals surface area contributed by atoms with Crippen LogP contribution < -0.4 is 0 Å². The van der Waals surface area contributed by atoms with Gasteiger partial charge in [-0.25, -0.2) is 9.59 Å². The molecule has 4 nitrogen and oxygen atoms in total. The van der Waals surface area contributed by atoms with Gasteiger partial charge in [-0.2, -0.15) is 0 Å². The van der Waals surface area contributed by atoms with E-state index in [0.29, 0.717) is 0 Å². The van der Waals surface area contributed by atoms with Crippen molar-refractivity contribution in [3.05, 3.63) is 23.3 Å². The molecule has 0 spiro atoms. The van der Waals surface area contributed by atoms with E-state index in [-0.39, 0.29) is 23.0 Å². The third-order valence-electron chi connectivity index (χ3n) is 2.86. The first-order valence-electron chi connectivity index (χ1n) is 4.50. The third-order valence-corrected chi connectivity index (χ3v) is 2.86. The van der Waals surface area contributed by atoms with Crippen LogP contribution in [0.3, 0.4) is 0 Å². The van der Waals surface area contributed by atoms with Crippen molar-refractivity contribution in [1.82, 2.24) is 0 Å².